The fourth-order valence-corrected chi connectivity index (χ4v) is 5.50. The number of rotatable bonds is 4. The second-order valence-electron chi connectivity index (χ2n) is 7.81. The number of sulfone groups is 1. The summed E-state index contributed by atoms with van der Waals surface area (Å²) in [6, 6.07) is 7.73. The lowest BCUT2D eigenvalue weighted by Gasteiger charge is -2.23. The molecular weight excluding hydrogens is 350 g/mol. The summed E-state index contributed by atoms with van der Waals surface area (Å²) in [5.41, 5.74) is 1.94. The van der Waals surface area contributed by atoms with Gasteiger partial charge >= 0.3 is 0 Å². The van der Waals surface area contributed by atoms with Crippen LogP contribution in [0.3, 0.4) is 0 Å². The Hall–Kier alpha value is -1.60. The molecule has 3 fully saturated rings. The highest BCUT2D eigenvalue weighted by Crippen LogP contribution is 2.47. The maximum Gasteiger partial charge on any atom is 0.193 e. The Kier molecular flexibility index (Phi) is 4.69. The summed E-state index contributed by atoms with van der Waals surface area (Å²) in [7, 11) is -1.16. The number of ether oxygens (including phenoxy) is 1. The van der Waals surface area contributed by atoms with E-state index < -0.39 is 9.84 Å². The zero-order valence-electron chi connectivity index (χ0n) is 15.4. The van der Waals surface area contributed by atoms with Gasteiger partial charge in [0.25, 0.3) is 0 Å². The van der Waals surface area contributed by atoms with Crippen molar-refractivity contribution in [1.29, 1.82) is 0 Å². The highest BCUT2D eigenvalue weighted by atomic mass is 32.2. The topological polar surface area (TPSA) is 71.0 Å². The van der Waals surface area contributed by atoms with Gasteiger partial charge in [0.05, 0.1) is 18.0 Å². The maximum atomic E-state index is 11.4. The lowest BCUT2D eigenvalue weighted by atomic mass is 9.82. The van der Waals surface area contributed by atoms with E-state index >= 15 is 0 Å². The van der Waals surface area contributed by atoms with Crippen molar-refractivity contribution in [2.24, 2.45) is 16.8 Å². The molecule has 0 aromatic heterocycles. The first-order chi connectivity index (χ1) is 12.4. The van der Waals surface area contributed by atoms with Gasteiger partial charge in [-0.3, -0.25) is 4.99 Å². The average Bonchev–Trinajstić information content (AvgIpc) is 3.28. The van der Waals surface area contributed by atoms with Crippen LogP contribution in [0.15, 0.2) is 29.3 Å². The highest BCUT2D eigenvalue weighted by molar-refractivity contribution is 7.89. The maximum absolute atomic E-state index is 11.4. The average molecular weight is 378 g/mol. The standard InChI is InChI=1S/C19H27N3O3S/c1-20-19(22-10-15-16(11-22)18-8-7-17(15)25-18)21-9-13-3-5-14(6-4-13)12-26(2,23)24/h3-6,15-18H,7-12H2,1-2H3,(H,20,21). The number of guanidine groups is 1. The Bertz CT molecular complexity index is 773. The number of hydrogen-bond acceptors (Lipinski definition) is 4. The number of hydrogen-bond donors (Lipinski definition) is 1. The number of aliphatic imine (C=N–C) groups is 1. The van der Waals surface area contributed by atoms with E-state index in [0.29, 0.717) is 30.6 Å². The van der Waals surface area contributed by atoms with Crippen molar-refractivity contribution in [3.05, 3.63) is 35.4 Å². The fourth-order valence-electron chi connectivity index (χ4n) is 4.70. The van der Waals surface area contributed by atoms with Gasteiger partial charge in [-0.05, 0) is 24.0 Å². The summed E-state index contributed by atoms with van der Waals surface area (Å²) < 4.78 is 28.8. The first kappa shape index (κ1) is 17.8. The van der Waals surface area contributed by atoms with Crippen LogP contribution in [-0.2, 0) is 26.9 Å². The number of benzene rings is 1. The Morgan fingerprint density at radius 2 is 1.73 bits per heavy atom. The van der Waals surface area contributed by atoms with E-state index in [0.717, 1.165) is 30.2 Å². The minimum Gasteiger partial charge on any atom is -0.374 e. The lowest BCUT2D eigenvalue weighted by molar-refractivity contribution is 0.0767. The molecule has 3 saturated heterocycles. The molecule has 1 N–H and O–H groups in total. The minimum absolute atomic E-state index is 0.0866. The molecule has 0 aliphatic carbocycles. The number of fused-ring (bicyclic) bond motifs is 5. The van der Waals surface area contributed by atoms with Crippen molar-refractivity contribution in [2.75, 3.05) is 26.4 Å². The van der Waals surface area contributed by atoms with Crippen LogP contribution in [0.2, 0.25) is 0 Å². The van der Waals surface area contributed by atoms with Crippen molar-refractivity contribution in [3.8, 4) is 0 Å². The first-order valence-electron chi connectivity index (χ1n) is 9.29. The van der Waals surface area contributed by atoms with Crippen LogP contribution in [0.5, 0.6) is 0 Å². The number of nitrogens with zero attached hydrogens (tertiary/aromatic N) is 2. The summed E-state index contributed by atoms with van der Waals surface area (Å²) in [4.78, 5) is 6.82. The largest absolute Gasteiger partial charge is 0.374 e. The van der Waals surface area contributed by atoms with Gasteiger partial charge in [0, 0.05) is 44.8 Å². The van der Waals surface area contributed by atoms with Crippen LogP contribution < -0.4 is 5.32 Å². The molecular formula is C19H27N3O3S. The molecule has 6 nitrogen and oxygen atoms in total. The van der Waals surface area contributed by atoms with Crippen LogP contribution in [0.4, 0.5) is 0 Å². The highest BCUT2D eigenvalue weighted by Gasteiger charge is 2.53. The Labute approximate surface area is 155 Å². The van der Waals surface area contributed by atoms with Crippen molar-refractivity contribution < 1.29 is 13.2 Å². The van der Waals surface area contributed by atoms with E-state index in [1.165, 1.54) is 19.1 Å². The van der Waals surface area contributed by atoms with E-state index in [1.807, 2.05) is 31.3 Å². The molecule has 4 atom stereocenters. The predicted molar refractivity (Wildman–Crippen MR) is 102 cm³/mol. The summed E-state index contributed by atoms with van der Waals surface area (Å²) in [5.74, 6) is 2.34. The summed E-state index contributed by atoms with van der Waals surface area (Å²) in [6.45, 7) is 2.73. The third kappa shape index (κ3) is 3.60. The van der Waals surface area contributed by atoms with Gasteiger partial charge in [-0.25, -0.2) is 8.42 Å². The Morgan fingerprint density at radius 3 is 2.27 bits per heavy atom. The zero-order valence-corrected chi connectivity index (χ0v) is 16.2. The molecule has 7 heteroatoms. The summed E-state index contributed by atoms with van der Waals surface area (Å²) in [6.07, 6.45) is 4.60. The minimum atomic E-state index is -2.99. The van der Waals surface area contributed by atoms with E-state index in [9.17, 15) is 8.42 Å². The van der Waals surface area contributed by atoms with E-state index in [4.69, 9.17) is 4.74 Å². The van der Waals surface area contributed by atoms with Gasteiger partial charge in [-0.1, -0.05) is 24.3 Å². The van der Waals surface area contributed by atoms with Crippen molar-refractivity contribution in [3.63, 3.8) is 0 Å². The van der Waals surface area contributed by atoms with Crippen LogP contribution in [0.1, 0.15) is 24.0 Å². The quantitative estimate of drug-likeness (QED) is 0.635. The van der Waals surface area contributed by atoms with Gasteiger partial charge in [0.1, 0.15) is 0 Å². The lowest BCUT2D eigenvalue weighted by Crippen LogP contribution is -2.40. The molecule has 0 spiro atoms. The molecule has 3 heterocycles. The molecule has 0 radical (unpaired) electrons. The normalized spacial score (nSPS) is 30.7. The van der Waals surface area contributed by atoms with Crippen molar-refractivity contribution in [2.45, 2.75) is 37.3 Å². The van der Waals surface area contributed by atoms with Gasteiger partial charge < -0.3 is 15.0 Å². The van der Waals surface area contributed by atoms with Crippen LogP contribution in [-0.4, -0.2) is 57.9 Å². The third-order valence-corrected chi connectivity index (χ3v) is 6.72. The monoisotopic (exact) mass is 377 g/mol. The first-order valence-corrected chi connectivity index (χ1v) is 11.4. The molecule has 1 aromatic carbocycles. The Morgan fingerprint density at radius 1 is 1.15 bits per heavy atom. The van der Waals surface area contributed by atoms with Gasteiger partial charge in [0.2, 0.25) is 0 Å². The van der Waals surface area contributed by atoms with Crippen LogP contribution in [0, 0.1) is 11.8 Å². The SMILES string of the molecule is CN=C(NCc1ccc(CS(C)(=O)=O)cc1)N1CC2C3CCC(O3)C2C1. The predicted octanol–water partition coefficient (Wildman–Crippen LogP) is 1.42. The number of nitrogens with one attached hydrogen (secondary N) is 1. The van der Waals surface area contributed by atoms with Crippen molar-refractivity contribution in [1.82, 2.24) is 10.2 Å². The van der Waals surface area contributed by atoms with E-state index in [-0.39, 0.29) is 5.75 Å². The third-order valence-electron chi connectivity index (χ3n) is 5.87. The van der Waals surface area contributed by atoms with Gasteiger partial charge in [-0.15, -0.1) is 0 Å². The summed E-state index contributed by atoms with van der Waals surface area (Å²) >= 11 is 0. The zero-order chi connectivity index (χ0) is 18.3. The molecule has 142 valence electrons. The molecule has 2 bridgehead atoms. The second kappa shape index (κ2) is 6.85. The molecule has 0 saturated carbocycles. The number of likely N-dealkylation sites (tertiary alicyclic amines) is 1. The molecule has 3 aliphatic rings. The van der Waals surface area contributed by atoms with Gasteiger partial charge in [0.15, 0.2) is 15.8 Å². The molecule has 4 unspecified atom stereocenters. The molecule has 26 heavy (non-hydrogen) atoms. The smallest absolute Gasteiger partial charge is 0.193 e. The molecule has 3 aliphatic heterocycles. The van der Waals surface area contributed by atoms with Crippen LogP contribution in [0.25, 0.3) is 0 Å². The second-order valence-corrected chi connectivity index (χ2v) is 9.95. The van der Waals surface area contributed by atoms with Crippen molar-refractivity contribution >= 4 is 15.8 Å². The van der Waals surface area contributed by atoms with E-state index in [2.05, 4.69) is 15.2 Å². The van der Waals surface area contributed by atoms with Gasteiger partial charge in [-0.2, -0.15) is 0 Å². The fraction of sp³-hybridized carbons (Fsp3) is 0.632. The molecule has 0 amide bonds. The van der Waals surface area contributed by atoms with E-state index in [1.54, 1.807) is 0 Å². The Balaban J connectivity index is 1.33. The van der Waals surface area contributed by atoms with Crippen LogP contribution >= 0.6 is 0 Å². The summed E-state index contributed by atoms with van der Waals surface area (Å²) in [5, 5.41) is 3.45. The molecule has 4 rings (SSSR count). The molecule has 1 aromatic rings.